The van der Waals surface area contributed by atoms with Crippen molar-refractivity contribution >= 4 is 27.9 Å². The first-order valence-corrected chi connectivity index (χ1v) is 8.04. The molecule has 0 saturated carbocycles. The molecule has 0 aliphatic carbocycles. The van der Waals surface area contributed by atoms with Crippen LogP contribution in [0.25, 0.3) is 0 Å². The summed E-state index contributed by atoms with van der Waals surface area (Å²) in [5.41, 5.74) is 2.77. The molecule has 2 aromatic rings. The Labute approximate surface area is 138 Å². The highest BCUT2D eigenvalue weighted by atomic mass is 79.9. The summed E-state index contributed by atoms with van der Waals surface area (Å²) in [5.74, 6) is 0.656. The van der Waals surface area contributed by atoms with Crippen LogP contribution in [0.1, 0.15) is 22.3 Å². The van der Waals surface area contributed by atoms with Gasteiger partial charge in [-0.05, 0) is 30.7 Å². The van der Waals surface area contributed by atoms with Crippen LogP contribution in [0, 0.1) is 6.92 Å². The maximum atomic E-state index is 11.3. The van der Waals surface area contributed by atoms with Gasteiger partial charge in [-0.15, -0.1) is 0 Å². The summed E-state index contributed by atoms with van der Waals surface area (Å²) in [6, 6.07) is 9.67. The fraction of sp³-hybridized carbons (Fsp3) is 0.294. The predicted octanol–water partition coefficient (Wildman–Crippen LogP) is 3.62. The third kappa shape index (κ3) is 3.30. The number of carbonyl (C=O) groups excluding carboxylic acids is 1. The van der Waals surface area contributed by atoms with Crippen LogP contribution in [0.15, 0.2) is 41.0 Å². The van der Waals surface area contributed by atoms with E-state index in [0.29, 0.717) is 11.4 Å². The molecule has 0 N–H and O–H groups in total. The van der Waals surface area contributed by atoms with Crippen molar-refractivity contribution < 1.29 is 9.53 Å². The van der Waals surface area contributed by atoms with Gasteiger partial charge in [0.15, 0.2) is 6.29 Å². The number of hydrogen-bond acceptors (Lipinski definition) is 4. The third-order valence-corrected chi connectivity index (χ3v) is 4.27. The zero-order valence-electron chi connectivity index (χ0n) is 12.3. The zero-order chi connectivity index (χ0) is 15.5. The minimum Gasteiger partial charge on any atom is -0.472 e. The number of anilines is 1. The van der Waals surface area contributed by atoms with Gasteiger partial charge in [-0.3, -0.25) is 4.79 Å². The van der Waals surface area contributed by atoms with E-state index < -0.39 is 0 Å². The highest BCUT2D eigenvalue weighted by molar-refractivity contribution is 9.10. The highest BCUT2D eigenvalue weighted by Gasteiger charge is 2.26. The molecule has 0 unspecified atom stereocenters. The molecule has 0 radical (unpaired) electrons. The van der Waals surface area contributed by atoms with E-state index in [2.05, 4.69) is 25.8 Å². The summed E-state index contributed by atoms with van der Waals surface area (Å²) in [5, 5.41) is 0. The Kier molecular flexibility index (Phi) is 4.43. The Bertz CT molecular complexity index is 673. The molecule has 0 bridgehead atoms. The number of aldehydes is 1. The predicted molar refractivity (Wildman–Crippen MR) is 89.7 cm³/mol. The Morgan fingerprint density at radius 1 is 1.36 bits per heavy atom. The maximum Gasteiger partial charge on any atom is 0.213 e. The van der Waals surface area contributed by atoms with Crippen LogP contribution in [0.4, 0.5) is 5.69 Å². The van der Waals surface area contributed by atoms with Gasteiger partial charge in [0.05, 0.1) is 6.54 Å². The molecular weight excluding hydrogens is 344 g/mol. The van der Waals surface area contributed by atoms with Crippen molar-refractivity contribution in [1.82, 2.24) is 4.98 Å². The SMILES string of the molecule is Cc1ccc(O[C@H]2CCN(c3ccc(Br)cc3C=O)C2)nc1. The summed E-state index contributed by atoms with van der Waals surface area (Å²) in [6.07, 6.45) is 3.72. The average molecular weight is 361 g/mol. The lowest BCUT2D eigenvalue weighted by Gasteiger charge is -2.20. The van der Waals surface area contributed by atoms with Crippen LogP contribution in [0.2, 0.25) is 0 Å². The fourth-order valence-electron chi connectivity index (χ4n) is 2.65. The normalized spacial score (nSPS) is 17.5. The molecule has 1 aliphatic rings. The Morgan fingerprint density at radius 3 is 2.95 bits per heavy atom. The van der Waals surface area contributed by atoms with E-state index in [0.717, 1.165) is 41.5 Å². The minimum absolute atomic E-state index is 0.0957. The molecule has 0 amide bonds. The van der Waals surface area contributed by atoms with Crippen LogP contribution in [-0.4, -0.2) is 30.5 Å². The lowest BCUT2D eigenvalue weighted by Crippen LogP contribution is -2.25. The fourth-order valence-corrected chi connectivity index (χ4v) is 3.02. The first-order valence-electron chi connectivity index (χ1n) is 7.24. The molecule has 4 nitrogen and oxygen atoms in total. The summed E-state index contributed by atoms with van der Waals surface area (Å²) in [7, 11) is 0. The minimum atomic E-state index is 0.0957. The highest BCUT2D eigenvalue weighted by Crippen LogP contribution is 2.27. The standard InChI is InChI=1S/C17H17BrN2O2/c1-12-2-5-17(19-9-12)22-15-6-7-20(10-15)16-4-3-14(18)8-13(16)11-21/h2-5,8-9,11,15H,6-7,10H2,1H3/t15-/m0/s1. The van der Waals surface area contributed by atoms with E-state index in [1.54, 1.807) is 6.20 Å². The molecule has 1 fully saturated rings. The van der Waals surface area contributed by atoms with Gasteiger partial charge < -0.3 is 9.64 Å². The molecular formula is C17H17BrN2O2. The van der Waals surface area contributed by atoms with Gasteiger partial charge in [-0.25, -0.2) is 4.98 Å². The van der Waals surface area contributed by atoms with Crippen LogP contribution in [0.3, 0.4) is 0 Å². The monoisotopic (exact) mass is 360 g/mol. The number of aryl methyl sites for hydroxylation is 1. The van der Waals surface area contributed by atoms with Gasteiger partial charge in [-0.1, -0.05) is 22.0 Å². The number of pyridine rings is 1. The van der Waals surface area contributed by atoms with E-state index in [9.17, 15) is 4.79 Å². The Hall–Kier alpha value is -1.88. The summed E-state index contributed by atoms with van der Waals surface area (Å²) < 4.78 is 6.84. The first-order chi connectivity index (χ1) is 10.7. The van der Waals surface area contributed by atoms with Crippen LogP contribution >= 0.6 is 15.9 Å². The molecule has 22 heavy (non-hydrogen) atoms. The van der Waals surface area contributed by atoms with Crippen molar-refractivity contribution in [2.45, 2.75) is 19.4 Å². The number of ether oxygens (including phenoxy) is 1. The zero-order valence-corrected chi connectivity index (χ0v) is 13.9. The van der Waals surface area contributed by atoms with Crippen molar-refractivity contribution in [3.8, 4) is 5.88 Å². The molecule has 1 atom stereocenters. The topological polar surface area (TPSA) is 42.4 Å². The molecule has 2 heterocycles. The molecule has 1 aliphatic heterocycles. The van der Waals surface area contributed by atoms with E-state index in [1.165, 1.54) is 0 Å². The van der Waals surface area contributed by atoms with Crippen LogP contribution in [-0.2, 0) is 0 Å². The molecule has 5 heteroatoms. The van der Waals surface area contributed by atoms with Gasteiger partial charge in [-0.2, -0.15) is 0 Å². The smallest absolute Gasteiger partial charge is 0.213 e. The van der Waals surface area contributed by atoms with Crippen LogP contribution in [0.5, 0.6) is 5.88 Å². The van der Waals surface area contributed by atoms with Gasteiger partial charge in [0, 0.05) is 41.0 Å². The van der Waals surface area contributed by atoms with Crippen molar-refractivity contribution in [3.63, 3.8) is 0 Å². The van der Waals surface area contributed by atoms with Crippen molar-refractivity contribution in [2.75, 3.05) is 18.0 Å². The number of rotatable bonds is 4. The van der Waals surface area contributed by atoms with Gasteiger partial charge >= 0.3 is 0 Å². The quantitative estimate of drug-likeness (QED) is 0.780. The summed E-state index contributed by atoms with van der Waals surface area (Å²) in [6.45, 7) is 3.64. The van der Waals surface area contributed by atoms with Crippen molar-refractivity contribution in [1.29, 1.82) is 0 Å². The molecule has 0 spiro atoms. The number of nitrogens with zero attached hydrogens (tertiary/aromatic N) is 2. The Morgan fingerprint density at radius 2 is 2.23 bits per heavy atom. The second-order valence-electron chi connectivity index (χ2n) is 5.47. The number of carbonyl (C=O) groups is 1. The molecule has 114 valence electrons. The number of benzene rings is 1. The number of aromatic nitrogens is 1. The second-order valence-corrected chi connectivity index (χ2v) is 6.39. The lowest BCUT2D eigenvalue weighted by molar-refractivity contribution is 0.112. The third-order valence-electron chi connectivity index (χ3n) is 3.77. The maximum absolute atomic E-state index is 11.3. The number of hydrogen-bond donors (Lipinski definition) is 0. The van der Waals surface area contributed by atoms with E-state index in [1.807, 2.05) is 37.3 Å². The number of halogens is 1. The first kappa shape index (κ1) is 15.0. The van der Waals surface area contributed by atoms with E-state index >= 15 is 0 Å². The van der Waals surface area contributed by atoms with E-state index in [4.69, 9.17) is 4.74 Å². The van der Waals surface area contributed by atoms with Crippen LogP contribution < -0.4 is 9.64 Å². The second kappa shape index (κ2) is 6.48. The van der Waals surface area contributed by atoms with E-state index in [-0.39, 0.29) is 6.10 Å². The van der Waals surface area contributed by atoms with Gasteiger partial charge in [0.2, 0.25) is 5.88 Å². The molecule has 1 aromatic carbocycles. The van der Waals surface area contributed by atoms with Crippen molar-refractivity contribution in [2.24, 2.45) is 0 Å². The molecule has 1 saturated heterocycles. The lowest BCUT2D eigenvalue weighted by atomic mass is 10.2. The van der Waals surface area contributed by atoms with Crippen molar-refractivity contribution in [3.05, 3.63) is 52.1 Å². The summed E-state index contributed by atoms with van der Waals surface area (Å²) in [4.78, 5) is 17.7. The molecule has 1 aromatic heterocycles. The largest absolute Gasteiger partial charge is 0.472 e. The van der Waals surface area contributed by atoms with Gasteiger partial charge in [0.25, 0.3) is 0 Å². The Balaban J connectivity index is 1.69. The molecule has 3 rings (SSSR count). The average Bonchev–Trinajstić information content (AvgIpc) is 2.97. The summed E-state index contributed by atoms with van der Waals surface area (Å²) >= 11 is 3.40. The van der Waals surface area contributed by atoms with Gasteiger partial charge in [0.1, 0.15) is 6.10 Å².